The second-order valence-electron chi connectivity index (χ2n) is 21.0. The molecule has 33 nitrogen and oxygen atoms in total. The molecule has 0 bridgehead atoms. The molecule has 0 spiro atoms. The normalized spacial score (nSPS) is 10.8. The summed E-state index contributed by atoms with van der Waals surface area (Å²) in [6.45, 7) is 10.1. The summed E-state index contributed by atoms with van der Waals surface area (Å²) in [6.07, 6.45) is 7.46. The minimum atomic E-state index is -3.71. The smallest absolute Gasteiger partial charge is 0.338 e. The van der Waals surface area contributed by atoms with Crippen LogP contribution in [0.25, 0.3) is 56.6 Å². The van der Waals surface area contributed by atoms with Crippen LogP contribution in [0.3, 0.4) is 0 Å². The third-order valence-corrected chi connectivity index (χ3v) is 15.3. The molecule has 0 unspecified atom stereocenters. The third-order valence-electron chi connectivity index (χ3n) is 13.3. The number of furan rings is 5. The van der Waals surface area contributed by atoms with Gasteiger partial charge in [0.1, 0.15) is 63.4 Å². The summed E-state index contributed by atoms with van der Waals surface area (Å²) in [5.74, 6) is 15.0. The average molecular weight is 1600 g/mol. The number of hydrogen-bond donors (Lipinski definition) is 15. The van der Waals surface area contributed by atoms with Crippen LogP contribution >= 0.6 is 61.1 Å². The Labute approximate surface area is 650 Å². The maximum absolute atomic E-state index is 11.6. The number of aromatic carboxylic acids is 1. The quantitative estimate of drug-likeness (QED) is 0.00707. The lowest BCUT2D eigenvalue weighted by atomic mass is 10.1. The van der Waals surface area contributed by atoms with Gasteiger partial charge in [-0.3, -0.25) is 48.1 Å². The van der Waals surface area contributed by atoms with Gasteiger partial charge >= 0.3 is 11.9 Å². The first-order valence-corrected chi connectivity index (χ1v) is 35.6. The van der Waals surface area contributed by atoms with E-state index in [1.54, 1.807) is 147 Å². The number of hydrogen-bond acceptors (Lipinski definition) is 25. The number of esters is 1. The summed E-state index contributed by atoms with van der Waals surface area (Å²) in [4.78, 5) is 32.6. The minimum absolute atomic E-state index is 0.0385. The van der Waals surface area contributed by atoms with Crippen LogP contribution < -0.4 is 70.8 Å². The number of nitrogens with two attached hydrogens (primary N) is 3. The van der Waals surface area contributed by atoms with Crippen molar-refractivity contribution in [2.24, 2.45) is 42.3 Å². The van der Waals surface area contributed by atoms with Crippen LogP contribution in [0, 0.1) is 10.1 Å². The number of nitro groups is 1. The number of nitrogens with one attached hydrogen (secondary N) is 10. The van der Waals surface area contributed by atoms with Crippen molar-refractivity contribution in [1.29, 1.82) is 0 Å². The molecule has 5 aromatic heterocycles. The van der Waals surface area contributed by atoms with E-state index in [-0.39, 0.29) is 38.1 Å². The third kappa shape index (κ3) is 30.0. The Morgan fingerprint density at radius 3 is 0.991 bits per heavy atom. The SMILES string of the molecule is CCNC(=S)N/N=C/c1ccc(-c2ccc(C(=O)O)cc2)o1.CCNC(=S)N/N=C/c1ccc(-c2ccc(O)cc2)o1.CCNC(=S)N/N=C/c1ccc(-c2ccc([N+](=O)[O-])cc2)o1.CCOC(=O)c1ccc(-c2ccc(/C=N/NC(=S)NN)o2)cc1.NNC(=S)N/N=C/c1ccc(-c2ccc(S(N)(=O)=O)cc2)o1. The van der Waals surface area contributed by atoms with Gasteiger partial charge in [-0.15, -0.1) is 0 Å². The van der Waals surface area contributed by atoms with Crippen LogP contribution in [0.1, 0.15) is 77.2 Å². The molecule has 0 radical (unpaired) electrons. The second-order valence-corrected chi connectivity index (χ2v) is 24.6. The van der Waals surface area contributed by atoms with Gasteiger partial charge in [-0.25, -0.2) is 34.8 Å². The van der Waals surface area contributed by atoms with Crippen molar-refractivity contribution in [1.82, 2.24) is 53.9 Å². The van der Waals surface area contributed by atoms with E-state index >= 15 is 0 Å². The van der Waals surface area contributed by atoms with Crippen LogP contribution in [0.15, 0.2) is 234 Å². The van der Waals surface area contributed by atoms with Gasteiger partial charge in [0.15, 0.2) is 15.3 Å². The van der Waals surface area contributed by atoms with Crippen LogP contribution in [-0.2, 0) is 14.8 Å². The summed E-state index contributed by atoms with van der Waals surface area (Å²) in [5, 5.41) is 63.7. The van der Waals surface area contributed by atoms with Crippen molar-refractivity contribution in [2.45, 2.75) is 32.6 Å². The zero-order chi connectivity index (χ0) is 79.1. The number of carbonyl (C=O) groups excluding carboxylic acids is 1. The van der Waals surface area contributed by atoms with Crippen LogP contribution in [-0.4, -0.2) is 118 Å². The number of carbonyl (C=O) groups is 2. The summed E-state index contributed by atoms with van der Waals surface area (Å²) in [7, 11) is -3.71. The molecule has 0 amide bonds. The fourth-order valence-electron chi connectivity index (χ4n) is 8.27. The van der Waals surface area contributed by atoms with Crippen molar-refractivity contribution in [2.75, 3.05) is 26.2 Å². The van der Waals surface area contributed by atoms with Gasteiger partial charge in [-0.05, 0) is 234 Å². The van der Waals surface area contributed by atoms with Crippen molar-refractivity contribution in [3.63, 3.8) is 0 Å². The Bertz CT molecular complexity index is 4800. The standard InChI is InChI=1S/C15H16N4O3S.C15H15N3O3S.C14H14N4O3S.C14H15N3O2S.C12H13N5O3S2/c1-2-21-14(20)11-5-3-10(4-6-11)13-8-7-12(22-13)9-17-19-15(23)18-16;1-2-16-15(22)18-17-9-12-7-8-13(21-12)10-3-5-11(6-4-10)14(19)20;1-2-15-14(22)17-16-9-12-7-8-13(21-12)10-3-5-11(6-4-10)18(19)20;1-2-15-14(20)17-16-9-12-7-8-13(19-12)10-3-5-11(18)6-4-10;13-16-12(21)17-15-7-9-3-6-11(20-9)8-1-4-10(5-2-8)22(14,18)19/h3-9H,2,16H2,1H3,(H2,18,19,23);3-9H,2H2,1H3,(H,19,20)(H2,16,18,22);3-9H,2H2,1H3,(H2,15,17,22);3-9,18H,2H2,1H3,(H2,15,17,20);1-7H,13H2,(H2,14,18,19)(H2,16,17,21)/b2*17-9+;2*16-9+;15-7+. The highest BCUT2D eigenvalue weighted by Gasteiger charge is 2.14. The molecule has 10 rings (SSSR count). The predicted octanol–water partition coefficient (Wildman–Crippen LogP) is 9.67. The first-order chi connectivity index (χ1) is 52.4. The Balaban J connectivity index is 0.000000213. The Kier molecular flexibility index (Phi) is 35.1. The largest absolute Gasteiger partial charge is 0.508 e. The zero-order valence-corrected chi connectivity index (χ0v) is 63.1. The number of benzene rings is 5. The molecule has 0 aliphatic heterocycles. The van der Waals surface area contributed by atoms with E-state index in [0.717, 1.165) is 35.3 Å². The number of hydrazine groups is 2. The fraction of sp³-hybridized carbons (Fsp3) is 0.114. The lowest BCUT2D eigenvalue weighted by Crippen LogP contribution is -2.37. The Morgan fingerprint density at radius 2 is 0.725 bits per heavy atom. The number of non-ortho nitro benzene ring substituents is 1. The van der Waals surface area contributed by atoms with Crippen molar-refractivity contribution >= 4 is 145 Å². The summed E-state index contributed by atoms with van der Waals surface area (Å²) >= 11 is 24.4. The van der Waals surface area contributed by atoms with Crippen LogP contribution in [0.2, 0.25) is 0 Å². The molecule has 18 N–H and O–H groups in total. The molecule has 109 heavy (non-hydrogen) atoms. The van der Waals surface area contributed by atoms with Gasteiger partial charge in [-0.2, -0.15) is 25.5 Å². The number of primary sulfonamides is 1. The molecule has 568 valence electrons. The van der Waals surface area contributed by atoms with E-state index in [0.29, 0.717) is 97.2 Å². The number of hydrazone groups is 5. The van der Waals surface area contributed by atoms with E-state index in [4.69, 9.17) is 110 Å². The number of sulfonamides is 1. The second kappa shape index (κ2) is 44.9. The highest BCUT2D eigenvalue weighted by molar-refractivity contribution is 7.89. The van der Waals surface area contributed by atoms with Gasteiger partial charge in [-0.1, -0.05) is 24.3 Å². The lowest BCUT2D eigenvalue weighted by Gasteiger charge is -2.02. The average Bonchev–Trinajstić information content (AvgIpc) is 1.73. The number of carboxylic acid groups (broad SMARTS) is 1. The predicted molar refractivity (Wildman–Crippen MR) is 436 cm³/mol. The molecule has 5 aromatic carbocycles. The highest BCUT2D eigenvalue weighted by atomic mass is 32.2. The van der Waals surface area contributed by atoms with E-state index < -0.39 is 20.9 Å². The van der Waals surface area contributed by atoms with E-state index in [2.05, 4.69) is 79.4 Å². The molecule has 0 saturated heterocycles. The topological polar surface area (TPSA) is 487 Å². The lowest BCUT2D eigenvalue weighted by molar-refractivity contribution is -0.384. The molecular weight excluding hydrogens is 1520 g/mol. The Hall–Kier alpha value is -12.7. The number of carboxylic acids is 1. The zero-order valence-electron chi connectivity index (χ0n) is 58.2. The first kappa shape index (κ1) is 85.2. The summed E-state index contributed by atoms with van der Waals surface area (Å²) < 4.78 is 55.3. The van der Waals surface area contributed by atoms with Crippen molar-refractivity contribution < 1.29 is 60.0 Å². The van der Waals surface area contributed by atoms with E-state index in [1.165, 1.54) is 61.3 Å². The van der Waals surface area contributed by atoms with Crippen molar-refractivity contribution in [3.05, 3.63) is 232 Å². The van der Waals surface area contributed by atoms with E-state index in [9.17, 15) is 33.2 Å². The van der Waals surface area contributed by atoms with Gasteiger partial charge < -0.3 is 53.0 Å². The molecule has 0 saturated carbocycles. The maximum Gasteiger partial charge on any atom is 0.338 e. The number of nitro benzene ring substituents is 1. The molecule has 10 aromatic rings. The summed E-state index contributed by atoms with van der Waals surface area (Å²) in [5.41, 5.74) is 22.2. The van der Waals surface area contributed by atoms with Gasteiger partial charge in [0.25, 0.3) is 5.69 Å². The van der Waals surface area contributed by atoms with E-state index in [1.807, 2.05) is 32.9 Å². The minimum Gasteiger partial charge on any atom is -0.508 e. The molecule has 0 aliphatic rings. The number of aromatic hydroxyl groups is 1. The number of nitrogens with zero attached hydrogens (tertiary/aromatic N) is 6. The van der Waals surface area contributed by atoms with Crippen molar-refractivity contribution in [3.8, 4) is 62.4 Å². The van der Waals surface area contributed by atoms with Gasteiger partial charge in [0, 0.05) is 59.6 Å². The number of phenolic OH excluding ortho intramolecular Hbond substituents is 1. The number of rotatable bonds is 23. The molecule has 0 fully saturated rings. The number of ether oxygens (including phenoxy) is 1. The van der Waals surface area contributed by atoms with Gasteiger partial charge in [0.05, 0.1) is 58.6 Å². The maximum atomic E-state index is 11.6. The number of phenols is 1. The molecular formula is C70H73N19O14S6. The van der Waals surface area contributed by atoms with Crippen LogP contribution in [0.5, 0.6) is 5.75 Å². The first-order valence-electron chi connectivity index (χ1n) is 32.0. The van der Waals surface area contributed by atoms with Gasteiger partial charge in [0.2, 0.25) is 20.2 Å². The number of thiocarbonyl (C=S) groups is 5. The summed E-state index contributed by atoms with van der Waals surface area (Å²) in [6, 6.07) is 50.1. The fourth-order valence-corrected chi connectivity index (χ4v) is 9.48. The molecule has 0 atom stereocenters. The van der Waals surface area contributed by atoms with Crippen LogP contribution in [0.4, 0.5) is 5.69 Å². The Morgan fingerprint density at radius 1 is 0.450 bits per heavy atom. The molecule has 39 heteroatoms. The molecule has 0 aliphatic carbocycles. The molecule has 5 heterocycles. The highest BCUT2D eigenvalue weighted by Crippen LogP contribution is 2.28. The monoisotopic (exact) mass is 1600 g/mol.